The molecule has 0 radical (unpaired) electrons. The Morgan fingerprint density at radius 1 is 0.879 bits per heavy atom. The summed E-state index contributed by atoms with van der Waals surface area (Å²) in [7, 11) is 0. The van der Waals surface area contributed by atoms with E-state index in [-0.39, 0.29) is 0 Å². The summed E-state index contributed by atoms with van der Waals surface area (Å²) in [6, 6.07) is 20.2. The number of benzene rings is 3. The fraction of sp³-hybridized carbons (Fsp3) is 0.231. The molecule has 33 heavy (non-hydrogen) atoms. The summed E-state index contributed by atoms with van der Waals surface area (Å²) in [5, 5.41) is 6.68. The van der Waals surface area contributed by atoms with E-state index in [4.69, 9.17) is 14.2 Å². The van der Waals surface area contributed by atoms with Crippen molar-refractivity contribution < 1.29 is 19.0 Å². The summed E-state index contributed by atoms with van der Waals surface area (Å²) in [6.07, 6.45) is 1.54. The molecular weight excluding hydrogens is 418 g/mol. The number of para-hydroxylation sites is 1. The Kier molecular flexibility index (Phi) is 8.71. The molecule has 0 aliphatic carbocycles. The normalized spacial score (nSPS) is 10.6. The maximum absolute atomic E-state index is 11.9. The van der Waals surface area contributed by atoms with Crippen molar-refractivity contribution in [1.82, 2.24) is 5.43 Å². The van der Waals surface area contributed by atoms with Crippen LogP contribution in [0.25, 0.3) is 0 Å². The Morgan fingerprint density at radius 2 is 1.67 bits per heavy atom. The van der Waals surface area contributed by atoms with E-state index < -0.39 is 6.03 Å². The number of nitrogens with zero attached hydrogens (tertiary/aromatic N) is 1. The van der Waals surface area contributed by atoms with Crippen molar-refractivity contribution in [2.24, 2.45) is 5.10 Å². The molecule has 0 atom stereocenters. The first-order chi connectivity index (χ1) is 16.0. The predicted octanol–water partition coefficient (Wildman–Crippen LogP) is 5.32. The highest BCUT2D eigenvalue weighted by atomic mass is 16.5. The molecule has 2 N–H and O–H groups in total. The number of hydrogen-bond acceptors (Lipinski definition) is 5. The molecule has 7 heteroatoms. The molecule has 3 aromatic carbocycles. The van der Waals surface area contributed by atoms with E-state index >= 15 is 0 Å². The number of anilines is 1. The van der Waals surface area contributed by atoms with E-state index in [0.717, 1.165) is 11.3 Å². The molecule has 2 amide bonds. The summed E-state index contributed by atoms with van der Waals surface area (Å²) >= 11 is 0. The van der Waals surface area contributed by atoms with Crippen molar-refractivity contribution in [3.8, 4) is 17.2 Å². The van der Waals surface area contributed by atoms with Gasteiger partial charge in [0, 0.05) is 5.69 Å². The number of rotatable bonds is 10. The van der Waals surface area contributed by atoms with Gasteiger partial charge in [0.25, 0.3) is 0 Å². The summed E-state index contributed by atoms with van der Waals surface area (Å²) < 4.78 is 17.3. The van der Waals surface area contributed by atoms with Crippen LogP contribution in [0, 0.1) is 13.8 Å². The zero-order chi connectivity index (χ0) is 23.5. The lowest BCUT2D eigenvalue weighted by atomic mass is 10.1. The number of aryl methyl sites for hydroxylation is 2. The summed E-state index contributed by atoms with van der Waals surface area (Å²) in [6.45, 7) is 7.32. The van der Waals surface area contributed by atoms with Crippen molar-refractivity contribution in [2.75, 3.05) is 25.1 Å². The molecule has 0 saturated carbocycles. The molecule has 7 nitrogen and oxygen atoms in total. The summed E-state index contributed by atoms with van der Waals surface area (Å²) in [4.78, 5) is 11.9. The number of hydrogen-bond donors (Lipinski definition) is 2. The summed E-state index contributed by atoms with van der Waals surface area (Å²) in [5.74, 6) is 2.04. The maximum atomic E-state index is 11.9. The van der Waals surface area contributed by atoms with E-state index in [0.29, 0.717) is 37.0 Å². The Morgan fingerprint density at radius 3 is 2.42 bits per heavy atom. The van der Waals surface area contributed by atoms with Gasteiger partial charge in [-0.05, 0) is 79.9 Å². The molecule has 172 valence electrons. The van der Waals surface area contributed by atoms with Gasteiger partial charge in [-0.2, -0.15) is 5.10 Å². The van der Waals surface area contributed by atoms with E-state index in [9.17, 15) is 4.79 Å². The first-order valence-corrected chi connectivity index (χ1v) is 10.8. The van der Waals surface area contributed by atoms with Crippen molar-refractivity contribution in [2.45, 2.75) is 20.8 Å². The second-order valence-electron chi connectivity index (χ2n) is 7.27. The topological polar surface area (TPSA) is 81.2 Å². The van der Waals surface area contributed by atoms with Gasteiger partial charge < -0.3 is 19.5 Å². The van der Waals surface area contributed by atoms with Crippen LogP contribution in [0.3, 0.4) is 0 Å². The molecule has 0 fully saturated rings. The average molecular weight is 448 g/mol. The van der Waals surface area contributed by atoms with Gasteiger partial charge in [0.2, 0.25) is 0 Å². The van der Waals surface area contributed by atoms with Gasteiger partial charge >= 0.3 is 6.03 Å². The van der Waals surface area contributed by atoms with Crippen LogP contribution in [0.15, 0.2) is 71.8 Å². The molecule has 0 heterocycles. The van der Waals surface area contributed by atoms with Crippen molar-refractivity contribution in [1.29, 1.82) is 0 Å². The minimum atomic E-state index is -0.425. The second-order valence-corrected chi connectivity index (χ2v) is 7.27. The Balaban J connectivity index is 1.51. The minimum Gasteiger partial charge on any atom is -0.490 e. The van der Waals surface area contributed by atoms with E-state index in [1.54, 1.807) is 18.3 Å². The highest BCUT2D eigenvalue weighted by Gasteiger charge is 2.07. The molecular formula is C26H29N3O4. The van der Waals surface area contributed by atoms with Crippen LogP contribution in [-0.4, -0.2) is 32.1 Å². The largest absolute Gasteiger partial charge is 0.490 e. The van der Waals surface area contributed by atoms with E-state index in [1.807, 2.05) is 61.5 Å². The first-order valence-electron chi connectivity index (χ1n) is 10.8. The lowest BCUT2D eigenvalue weighted by Crippen LogP contribution is -2.24. The molecule has 0 unspecified atom stereocenters. The van der Waals surface area contributed by atoms with Crippen molar-refractivity contribution in [3.63, 3.8) is 0 Å². The number of nitrogens with one attached hydrogen (secondary N) is 2. The quantitative estimate of drug-likeness (QED) is 0.251. The molecule has 0 aromatic heterocycles. The first kappa shape index (κ1) is 23.7. The third-order valence-electron chi connectivity index (χ3n) is 4.77. The number of hydrazone groups is 1. The fourth-order valence-electron chi connectivity index (χ4n) is 2.95. The molecule has 0 bridgehead atoms. The third kappa shape index (κ3) is 7.57. The van der Waals surface area contributed by atoms with E-state index in [1.165, 1.54) is 11.1 Å². The molecule has 0 aliphatic heterocycles. The summed E-state index contributed by atoms with van der Waals surface area (Å²) in [5.41, 5.74) is 6.31. The Hall–Kier alpha value is -4.00. The van der Waals surface area contributed by atoms with Crippen LogP contribution in [-0.2, 0) is 0 Å². The molecule has 0 aliphatic rings. The van der Waals surface area contributed by atoms with Crippen LogP contribution in [0.1, 0.15) is 23.6 Å². The van der Waals surface area contributed by atoms with E-state index in [2.05, 4.69) is 29.7 Å². The van der Waals surface area contributed by atoms with Crippen LogP contribution in [0.4, 0.5) is 10.5 Å². The Bertz CT molecular complexity index is 1080. The van der Waals surface area contributed by atoms with Crippen LogP contribution < -0.4 is 25.0 Å². The lowest BCUT2D eigenvalue weighted by molar-refractivity contribution is 0.208. The van der Waals surface area contributed by atoms with Crippen LogP contribution in [0.2, 0.25) is 0 Å². The average Bonchev–Trinajstić information content (AvgIpc) is 2.81. The zero-order valence-corrected chi connectivity index (χ0v) is 19.1. The lowest BCUT2D eigenvalue weighted by Gasteiger charge is -2.13. The number of ether oxygens (including phenoxy) is 3. The third-order valence-corrected chi connectivity index (χ3v) is 4.77. The van der Waals surface area contributed by atoms with Gasteiger partial charge in [-0.15, -0.1) is 0 Å². The monoisotopic (exact) mass is 447 g/mol. The van der Waals surface area contributed by atoms with Crippen LogP contribution >= 0.6 is 0 Å². The van der Waals surface area contributed by atoms with Gasteiger partial charge in [0.05, 0.1) is 12.8 Å². The smallest absolute Gasteiger partial charge is 0.339 e. The molecule has 3 aromatic rings. The Labute approximate surface area is 194 Å². The second kappa shape index (κ2) is 12.1. The number of carbonyl (C=O) groups excluding carboxylic acids is 1. The van der Waals surface area contributed by atoms with Gasteiger partial charge in [0.15, 0.2) is 11.5 Å². The standard InChI is InChI=1S/C26H29N3O4/c1-4-31-25-17-21(18-27-29-26(30)28-22-8-6-5-7-9-22)11-13-24(25)33-15-14-32-23-12-10-19(2)20(3)16-23/h5-13,16-18H,4,14-15H2,1-3H3,(H2,28,29,30)/b27-18+. The van der Waals surface area contributed by atoms with Gasteiger partial charge in [-0.3, -0.25) is 0 Å². The molecule has 0 spiro atoms. The van der Waals surface area contributed by atoms with Gasteiger partial charge in [0.1, 0.15) is 19.0 Å². The van der Waals surface area contributed by atoms with Crippen LogP contribution in [0.5, 0.6) is 17.2 Å². The molecule has 3 rings (SSSR count). The number of carbonyl (C=O) groups is 1. The highest BCUT2D eigenvalue weighted by Crippen LogP contribution is 2.28. The van der Waals surface area contributed by atoms with Gasteiger partial charge in [-0.1, -0.05) is 24.3 Å². The minimum absolute atomic E-state index is 0.377. The van der Waals surface area contributed by atoms with Crippen molar-refractivity contribution >= 4 is 17.9 Å². The SMILES string of the molecule is CCOc1cc(/C=N/NC(=O)Nc2ccccc2)ccc1OCCOc1ccc(C)c(C)c1. The fourth-order valence-corrected chi connectivity index (χ4v) is 2.95. The molecule has 0 saturated heterocycles. The van der Waals surface area contributed by atoms with Crippen molar-refractivity contribution in [3.05, 3.63) is 83.4 Å². The number of amides is 2. The zero-order valence-electron chi connectivity index (χ0n) is 19.1. The van der Waals surface area contributed by atoms with Gasteiger partial charge in [-0.25, -0.2) is 10.2 Å². The predicted molar refractivity (Wildman–Crippen MR) is 131 cm³/mol. The maximum Gasteiger partial charge on any atom is 0.339 e. The number of urea groups is 1. The highest BCUT2D eigenvalue weighted by molar-refractivity contribution is 5.90.